The quantitative estimate of drug-likeness (QED) is 0.202. The van der Waals surface area contributed by atoms with Gasteiger partial charge in [-0.3, -0.25) is 9.98 Å². The number of pyridine rings is 1. The van der Waals surface area contributed by atoms with Crippen molar-refractivity contribution in [1.82, 2.24) is 9.97 Å². The van der Waals surface area contributed by atoms with Crippen LogP contribution in [0.15, 0.2) is 94.5 Å². The van der Waals surface area contributed by atoms with E-state index in [1.54, 1.807) is 6.21 Å². The van der Waals surface area contributed by atoms with E-state index in [0.29, 0.717) is 17.1 Å². The summed E-state index contributed by atoms with van der Waals surface area (Å²) in [7, 11) is 0. The van der Waals surface area contributed by atoms with Crippen LogP contribution in [0, 0.1) is 0 Å². The summed E-state index contributed by atoms with van der Waals surface area (Å²) < 4.78 is 6.55. The number of aromatic hydroxyl groups is 1. The number of phenols is 1. The van der Waals surface area contributed by atoms with Gasteiger partial charge in [0, 0.05) is 40.1 Å². The molecule has 6 aromatic rings. The smallest absolute Gasteiger partial charge is 0.229 e. The zero-order valence-electron chi connectivity index (χ0n) is 28.4. The molecular formula is C41H43N3O2. The fourth-order valence-electron chi connectivity index (χ4n) is 5.77. The number of fused-ring (bicyclic) bond motifs is 2. The Labute approximate surface area is 272 Å². The third-order valence-electron chi connectivity index (χ3n) is 8.57. The molecule has 0 spiro atoms. The van der Waals surface area contributed by atoms with Crippen molar-refractivity contribution in [2.75, 3.05) is 0 Å². The van der Waals surface area contributed by atoms with E-state index in [1.807, 2.05) is 42.6 Å². The van der Waals surface area contributed by atoms with Crippen molar-refractivity contribution < 1.29 is 9.52 Å². The zero-order chi connectivity index (χ0) is 33.0. The van der Waals surface area contributed by atoms with Crippen molar-refractivity contribution in [2.45, 2.75) is 78.6 Å². The van der Waals surface area contributed by atoms with Gasteiger partial charge in [-0.15, -0.1) is 0 Å². The second-order valence-corrected chi connectivity index (χ2v) is 15.3. The number of aliphatic imine (C=N–C) groups is 1. The number of aromatic nitrogens is 2. The molecule has 6 rings (SSSR count). The SMILES string of the molecule is CC(C)(C)c1cc(C=Nc2ccccc2-c2nc3c(-c4cccc5cccnc45)cc(C(C)(C)C)cc3o2)c(O)c(C(C)(C)C)c1. The molecule has 2 heterocycles. The maximum absolute atomic E-state index is 11.4. The van der Waals surface area contributed by atoms with Crippen LogP contribution in [0.5, 0.6) is 5.75 Å². The van der Waals surface area contributed by atoms with E-state index >= 15 is 0 Å². The van der Waals surface area contributed by atoms with Crippen LogP contribution in [0.4, 0.5) is 5.69 Å². The Hall–Kier alpha value is -4.77. The molecule has 0 radical (unpaired) electrons. The predicted octanol–water partition coefficient (Wildman–Crippen LogP) is 11.1. The van der Waals surface area contributed by atoms with Crippen LogP contribution in [-0.2, 0) is 16.2 Å². The van der Waals surface area contributed by atoms with Crippen molar-refractivity contribution >= 4 is 33.9 Å². The highest BCUT2D eigenvalue weighted by atomic mass is 16.3. The molecule has 5 nitrogen and oxygen atoms in total. The van der Waals surface area contributed by atoms with Crippen LogP contribution in [0.1, 0.15) is 84.6 Å². The van der Waals surface area contributed by atoms with Crippen molar-refractivity contribution in [3.8, 4) is 28.3 Å². The van der Waals surface area contributed by atoms with Gasteiger partial charge in [0.05, 0.1) is 16.8 Å². The number of para-hydroxylation sites is 2. The predicted molar refractivity (Wildman–Crippen MR) is 192 cm³/mol. The van der Waals surface area contributed by atoms with Gasteiger partial charge in [-0.05, 0) is 63.8 Å². The minimum absolute atomic E-state index is 0.0877. The molecule has 46 heavy (non-hydrogen) atoms. The Morgan fingerprint density at radius 1 is 0.674 bits per heavy atom. The monoisotopic (exact) mass is 609 g/mol. The third-order valence-corrected chi connectivity index (χ3v) is 8.57. The Balaban J connectivity index is 1.51. The normalized spacial score (nSPS) is 12.9. The number of phenolic OH excluding ortho intramolecular Hbond substituents is 1. The van der Waals surface area contributed by atoms with Gasteiger partial charge in [0.2, 0.25) is 5.89 Å². The summed E-state index contributed by atoms with van der Waals surface area (Å²) in [5.74, 6) is 0.748. The van der Waals surface area contributed by atoms with E-state index in [9.17, 15) is 5.11 Å². The minimum Gasteiger partial charge on any atom is -0.507 e. The lowest BCUT2D eigenvalue weighted by Gasteiger charge is -2.27. The van der Waals surface area contributed by atoms with Crippen LogP contribution in [0.3, 0.4) is 0 Å². The summed E-state index contributed by atoms with van der Waals surface area (Å²) in [6, 6.07) is 26.6. The molecular weight excluding hydrogens is 566 g/mol. The van der Waals surface area contributed by atoms with Crippen LogP contribution < -0.4 is 0 Å². The van der Waals surface area contributed by atoms with Gasteiger partial charge < -0.3 is 9.52 Å². The zero-order valence-corrected chi connectivity index (χ0v) is 28.4. The average Bonchev–Trinajstić information content (AvgIpc) is 3.43. The van der Waals surface area contributed by atoms with Gasteiger partial charge in [-0.1, -0.05) is 105 Å². The van der Waals surface area contributed by atoms with E-state index in [0.717, 1.165) is 55.4 Å². The van der Waals surface area contributed by atoms with Crippen LogP contribution in [0.25, 0.3) is 44.6 Å². The Morgan fingerprint density at radius 2 is 1.35 bits per heavy atom. The number of oxazole rings is 1. The molecule has 0 aliphatic carbocycles. The fourth-order valence-corrected chi connectivity index (χ4v) is 5.77. The highest BCUT2D eigenvalue weighted by molar-refractivity contribution is 6.02. The van der Waals surface area contributed by atoms with Gasteiger partial charge in [0.15, 0.2) is 5.58 Å². The Kier molecular flexibility index (Phi) is 7.63. The fraction of sp³-hybridized carbons (Fsp3) is 0.293. The molecule has 0 fully saturated rings. The summed E-state index contributed by atoms with van der Waals surface area (Å²) >= 11 is 0. The van der Waals surface area contributed by atoms with Gasteiger partial charge >= 0.3 is 0 Å². The van der Waals surface area contributed by atoms with E-state index in [-0.39, 0.29) is 22.0 Å². The van der Waals surface area contributed by atoms with Gasteiger partial charge in [-0.25, -0.2) is 4.98 Å². The lowest BCUT2D eigenvalue weighted by molar-refractivity contribution is 0.444. The minimum atomic E-state index is -0.229. The standard InChI is InChI=1S/C41H43N3O2/c1-39(2,3)27-20-26(37(45)32(22-27)41(7,8)9)24-43-33-18-11-10-16-30(33)38-44-36-31(21-28(40(4,5)6)23-34(36)46-38)29-17-12-14-25-15-13-19-42-35(25)29/h10-24,45H,1-9H3. The average molecular weight is 610 g/mol. The molecule has 0 saturated carbocycles. The van der Waals surface area contributed by atoms with Crippen LogP contribution in [-0.4, -0.2) is 21.3 Å². The van der Waals surface area contributed by atoms with Gasteiger partial charge in [0.1, 0.15) is 11.3 Å². The lowest BCUT2D eigenvalue weighted by atomic mass is 9.79. The molecule has 0 aliphatic rings. The van der Waals surface area contributed by atoms with Crippen molar-refractivity contribution in [1.29, 1.82) is 0 Å². The van der Waals surface area contributed by atoms with Gasteiger partial charge in [0.25, 0.3) is 0 Å². The first-order valence-electron chi connectivity index (χ1n) is 15.9. The summed E-state index contributed by atoms with van der Waals surface area (Å²) in [6.07, 6.45) is 3.59. The Morgan fingerprint density at radius 3 is 2.07 bits per heavy atom. The molecule has 1 N–H and O–H groups in total. The second kappa shape index (κ2) is 11.2. The molecule has 5 heteroatoms. The maximum Gasteiger partial charge on any atom is 0.229 e. The molecule has 234 valence electrons. The molecule has 0 unspecified atom stereocenters. The molecule has 2 aromatic heterocycles. The number of hydrogen-bond acceptors (Lipinski definition) is 5. The third kappa shape index (κ3) is 5.94. The van der Waals surface area contributed by atoms with E-state index in [4.69, 9.17) is 19.4 Å². The summed E-state index contributed by atoms with van der Waals surface area (Å²) in [5.41, 5.74) is 9.38. The highest BCUT2D eigenvalue weighted by Gasteiger charge is 2.25. The number of benzene rings is 4. The lowest BCUT2D eigenvalue weighted by Crippen LogP contribution is -2.17. The summed E-state index contributed by atoms with van der Waals surface area (Å²) in [4.78, 5) is 14.8. The first-order chi connectivity index (χ1) is 21.6. The van der Waals surface area contributed by atoms with Crippen molar-refractivity contribution in [3.63, 3.8) is 0 Å². The van der Waals surface area contributed by atoms with E-state index < -0.39 is 0 Å². The second-order valence-electron chi connectivity index (χ2n) is 15.3. The number of hydrogen-bond donors (Lipinski definition) is 1. The van der Waals surface area contributed by atoms with Gasteiger partial charge in [-0.2, -0.15) is 0 Å². The topological polar surface area (TPSA) is 71.5 Å². The number of nitrogens with zero attached hydrogens (tertiary/aromatic N) is 3. The molecule has 0 amide bonds. The Bertz CT molecular complexity index is 2110. The highest BCUT2D eigenvalue weighted by Crippen LogP contribution is 2.41. The van der Waals surface area contributed by atoms with Crippen molar-refractivity contribution in [3.05, 3.63) is 107 Å². The number of rotatable bonds is 4. The molecule has 0 bridgehead atoms. The van der Waals surface area contributed by atoms with Crippen LogP contribution in [0.2, 0.25) is 0 Å². The summed E-state index contributed by atoms with van der Waals surface area (Å²) in [6.45, 7) is 19.5. The van der Waals surface area contributed by atoms with E-state index in [2.05, 4.69) is 105 Å². The van der Waals surface area contributed by atoms with Crippen molar-refractivity contribution in [2.24, 2.45) is 4.99 Å². The molecule has 0 atom stereocenters. The first kappa shape index (κ1) is 31.2. The maximum atomic E-state index is 11.4. The van der Waals surface area contributed by atoms with E-state index in [1.165, 1.54) is 0 Å². The molecule has 0 aliphatic heterocycles. The van der Waals surface area contributed by atoms with Crippen LogP contribution >= 0.6 is 0 Å². The largest absolute Gasteiger partial charge is 0.507 e. The first-order valence-corrected chi connectivity index (χ1v) is 15.9. The molecule has 4 aromatic carbocycles. The molecule has 0 saturated heterocycles. The summed E-state index contributed by atoms with van der Waals surface area (Å²) in [5, 5.41) is 12.4.